The lowest BCUT2D eigenvalue weighted by molar-refractivity contribution is -0.107. The highest BCUT2D eigenvalue weighted by Crippen LogP contribution is 2.16. The Morgan fingerprint density at radius 3 is 2.25 bits per heavy atom. The third kappa shape index (κ3) is 11.4. The van der Waals surface area contributed by atoms with Crippen LogP contribution in [0.5, 0.6) is 11.5 Å². The van der Waals surface area contributed by atoms with E-state index in [1.807, 2.05) is 51.4 Å². The van der Waals surface area contributed by atoms with Crippen molar-refractivity contribution in [3.05, 3.63) is 82.3 Å². The smallest absolute Gasteiger partial charge is 0.254 e. The molecule has 0 unspecified atom stereocenters. The standard InChI is InChI=1S/C24H27N3O4.C2H7N.C2H2/c1-19-15-22(31-18-23-25-11-6-12-26-23)16-24(29)27(19)17-20-7-9-21(10-8-20)30-14-5-3-2-4-13-28;1-3-2;1-2/h6-13,15-16H,2-5,14,17-18H2,1H3;3H,1-2H3;1-2H. The van der Waals surface area contributed by atoms with E-state index in [0.29, 0.717) is 31.1 Å². The molecule has 0 aliphatic heterocycles. The minimum atomic E-state index is -0.125. The number of nitrogens with one attached hydrogen (secondary N) is 1. The molecule has 1 aromatic carbocycles. The fraction of sp³-hybridized carbons (Fsp3) is 0.357. The Kier molecular flexibility index (Phi) is 15.4. The van der Waals surface area contributed by atoms with Gasteiger partial charge in [-0.2, -0.15) is 0 Å². The van der Waals surface area contributed by atoms with Gasteiger partial charge >= 0.3 is 0 Å². The fourth-order valence-corrected chi connectivity index (χ4v) is 3.11. The molecule has 3 aromatic rings. The SMILES string of the molecule is C#C.CNC.Cc1cc(OCc2ncccn2)cc(=O)n1Cc1ccc(OCCCCCC=O)cc1. The number of unbranched alkanes of at least 4 members (excludes halogenated alkanes) is 3. The third-order valence-electron chi connectivity index (χ3n) is 4.79. The molecule has 0 saturated carbocycles. The number of hydrogen-bond donors (Lipinski definition) is 1. The zero-order chi connectivity index (χ0) is 26.6. The average Bonchev–Trinajstić information content (AvgIpc) is 2.90. The second-order valence-electron chi connectivity index (χ2n) is 7.72. The first-order valence-corrected chi connectivity index (χ1v) is 11.7. The van der Waals surface area contributed by atoms with Crippen LogP contribution in [0.3, 0.4) is 0 Å². The Bertz CT molecular complexity index is 1080. The van der Waals surface area contributed by atoms with Crippen LogP contribution in [0.25, 0.3) is 0 Å². The van der Waals surface area contributed by atoms with E-state index in [2.05, 4.69) is 28.1 Å². The van der Waals surface area contributed by atoms with Crippen LogP contribution in [-0.4, -0.2) is 41.5 Å². The number of pyridine rings is 1. The van der Waals surface area contributed by atoms with Crippen LogP contribution >= 0.6 is 0 Å². The van der Waals surface area contributed by atoms with Gasteiger partial charge in [0, 0.05) is 30.6 Å². The molecule has 0 fully saturated rings. The van der Waals surface area contributed by atoms with E-state index < -0.39 is 0 Å². The van der Waals surface area contributed by atoms with Crippen LogP contribution in [0.2, 0.25) is 0 Å². The maximum absolute atomic E-state index is 12.6. The van der Waals surface area contributed by atoms with E-state index in [-0.39, 0.29) is 12.2 Å². The second-order valence-corrected chi connectivity index (χ2v) is 7.72. The van der Waals surface area contributed by atoms with Gasteiger partial charge in [0.05, 0.1) is 13.2 Å². The van der Waals surface area contributed by atoms with Gasteiger partial charge in [-0.05, 0) is 70.1 Å². The topological polar surface area (TPSA) is 95.3 Å². The summed E-state index contributed by atoms with van der Waals surface area (Å²) in [5.41, 5.74) is 1.70. The van der Waals surface area contributed by atoms with Crippen molar-refractivity contribution in [3.63, 3.8) is 0 Å². The van der Waals surface area contributed by atoms with Crippen LogP contribution in [0.15, 0.2) is 59.7 Å². The van der Waals surface area contributed by atoms with Crippen molar-refractivity contribution in [1.82, 2.24) is 19.9 Å². The quantitative estimate of drug-likeness (QED) is 0.233. The number of rotatable bonds is 12. The second kappa shape index (κ2) is 18.4. The Morgan fingerprint density at radius 2 is 1.64 bits per heavy atom. The van der Waals surface area contributed by atoms with Crippen molar-refractivity contribution in [3.8, 4) is 24.3 Å². The zero-order valence-electron chi connectivity index (χ0n) is 21.4. The van der Waals surface area contributed by atoms with Crippen molar-refractivity contribution >= 4 is 6.29 Å². The van der Waals surface area contributed by atoms with Gasteiger partial charge in [0.2, 0.25) is 0 Å². The average molecular weight is 493 g/mol. The molecule has 0 spiro atoms. The number of hydrogen-bond acceptors (Lipinski definition) is 7. The van der Waals surface area contributed by atoms with E-state index in [1.165, 1.54) is 6.07 Å². The highest BCUT2D eigenvalue weighted by molar-refractivity contribution is 5.48. The number of benzene rings is 1. The monoisotopic (exact) mass is 492 g/mol. The lowest BCUT2D eigenvalue weighted by atomic mass is 10.2. The first-order chi connectivity index (χ1) is 17.6. The van der Waals surface area contributed by atoms with E-state index >= 15 is 0 Å². The molecule has 0 aliphatic rings. The van der Waals surface area contributed by atoms with Gasteiger partial charge in [-0.1, -0.05) is 12.1 Å². The third-order valence-corrected chi connectivity index (χ3v) is 4.79. The Balaban J connectivity index is 0.00000120. The Hall–Kier alpha value is -3.96. The van der Waals surface area contributed by atoms with Gasteiger partial charge < -0.3 is 24.2 Å². The number of aldehydes is 1. The summed E-state index contributed by atoms with van der Waals surface area (Å²) in [6, 6.07) is 12.8. The molecule has 1 N–H and O–H groups in total. The van der Waals surface area contributed by atoms with E-state index in [4.69, 9.17) is 9.47 Å². The van der Waals surface area contributed by atoms with Gasteiger partial charge in [-0.25, -0.2) is 9.97 Å². The van der Waals surface area contributed by atoms with Crippen molar-refractivity contribution in [2.75, 3.05) is 20.7 Å². The van der Waals surface area contributed by atoms with Crippen molar-refractivity contribution in [1.29, 1.82) is 0 Å². The zero-order valence-corrected chi connectivity index (χ0v) is 21.4. The molecule has 3 rings (SSSR count). The molecule has 0 amide bonds. The predicted octanol–water partition coefficient (Wildman–Crippen LogP) is 3.80. The molecule has 0 atom stereocenters. The summed E-state index contributed by atoms with van der Waals surface area (Å²) in [7, 11) is 3.75. The van der Waals surface area contributed by atoms with Gasteiger partial charge in [0.15, 0.2) is 5.82 Å². The summed E-state index contributed by atoms with van der Waals surface area (Å²) in [6.45, 7) is 3.20. The summed E-state index contributed by atoms with van der Waals surface area (Å²) >= 11 is 0. The summed E-state index contributed by atoms with van der Waals surface area (Å²) in [5.74, 6) is 1.87. The predicted molar refractivity (Wildman–Crippen MR) is 142 cm³/mol. The van der Waals surface area contributed by atoms with E-state index in [0.717, 1.165) is 42.6 Å². The molecular formula is C28H36N4O4. The van der Waals surface area contributed by atoms with Gasteiger partial charge in [0.1, 0.15) is 24.4 Å². The Morgan fingerprint density at radius 1 is 0.972 bits per heavy atom. The molecule has 0 saturated heterocycles. The number of terminal acetylenes is 1. The van der Waals surface area contributed by atoms with Crippen molar-refractivity contribution < 1.29 is 14.3 Å². The van der Waals surface area contributed by atoms with Crippen LogP contribution < -0.4 is 20.3 Å². The maximum Gasteiger partial charge on any atom is 0.254 e. The first-order valence-electron chi connectivity index (χ1n) is 11.7. The molecule has 2 aromatic heterocycles. The highest BCUT2D eigenvalue weighted by atomic mass is 16.5. The first kappa shape index (κ1) is 30.1. The van der Waals surface area contributed by atoms with E-state index in [1.54, 1.807) is 23.0 Å². The van der Waals surface area contributed by atoms with Gasteiger partial charge in [-0.15, -0.1) is 12.8 Å². The van der Waals surface area contributed by atoms with Crippen LogP contribution in [-0.2, 0) is 17.9 Å². The minimum Gasteiger partial charge on any atom is -0.494 e. The number of aromatic nitrogens is 3. The van der Waals surface area contributed by atoms with Gasteiger partial charge in [0.25, 0.3) is 5.56 Å². The number of aryl methyl sites for hydroxylation is 1. The molecule has 2 heterocycles. The summed E-state index contributed by atoms with van der Waals surface area (Å²) in [4.78, 5) is 31.1. The summed E-state index contributed by atoms with van der Waals surface area (Å²) < 4.78 is 13.1. The molecule has 0 aliphatic carbocycles. The molecule has 192 valence electrons. The fourth-order valence-electron chi connectivity index (χ4n) is 3.11. The molecular weight excluding hydrogens is 456 g/mol. The molecule has 8 heteroatoms. The van der Waals surface area contributed by atoms with Crippen LogP contribution in [0.1, 0.15) is 42.8 Å². The highest BCUT2D eigenvalue weighted by Gasteiger charge is 2.07. The number of ether oxygens (including phenoxy) is 2. The number of carbonyl (C=O) groups is 1. The van der Waals surface area contributed by atoms with Gasteiger partial charge in [-0.3, -0.25) is 4.79 Å². The minimum absolute atomic E-state index is 0.125. The van der Waals surface area contributed by atoms with Crippen molar-refractivity contribution in [2.24, 2.45) is 0 Å². The lowest BCUT2D eigenvalue weighted by Crippen LogP contribution is -2.22. The summed E-state index contributed by atoms with van der Waals surface area (Å²) in [5, 5.41) is 2.75. The number of carbonyl (C=O) groups excluding carboxylic acids is 1. The molecule has 0 bridgehead atoms. The largest absolute Gasteiger partial charge is 0.494 e. The van der Waals surface area contributed by atoms with Crippen molar-refractivity contribution in [2.45, 2.75) is 45.8 Å². The Labute approximate surface area is 213 Å². The molecule has 36 heavy (non-hydrogen) atoms. The lowest BCUT2D eigenvalue weighted by Gasteiger charge is -2.13. The van der Waals surface area contributed by atoms with E-state index in [9.17, 15) is 9.59 Å². The number of nitrogens with zero attached hydrogens (tertiary/aromatic N) is 3. The summed E-state index contributed by atoms with van der Waals surface area (Å²) in [6.07, 6.45) is 15.7. The van der Waals surface area contributed by atoms with Crippen LogP contribution in [0, 0.1) is 19.8 Å². The molecule has 0 radical (unpaired) electrons. The normalized spacial score (nSPS) is 9.69. The maximum atomic E-state index is 12.6. The molecule has 8 nitrogen and oxygen atoms in total. The van der Waals surface area contributed by atoms with Crippen LogP contribution in [0.4, 0.5) is 0 Å².